The molecule has 0 fully saturated rings. The van der Waals surface area contributed by atoms with Crippen molar-refractivity contribution in [2.24, 2.45) is 7.05 Å². The number of aryl methyl sites for hydroxylation is 1. The number of fused-ring (bicyclic) bond motifs is 1. The highest BCUT2D eigenvalue weighted by atomic mass is 19.4. The summed E-state index contributed by atoms with van der Waals surface area (Å²) in [6, 6.07) is 4.33. The molecule has 5 nitrogen and oxygen atoms in total. The lowest BCUT2D eigenvalue weighted by Gasteiger charge is -2.14. The lowest BCUT2D eigenvalue weighted by Crippen LogP contribution is -2.26. The maximum absolute atomic E-state index is 12.5. The van der Waals surface area contributed by atoms with Gasteiger partial charge in [-0.3, -0.25) is 9.48 Å². The predicted molar refractivity (Wildman–Crippen MR) is 78.0 cm³/mol. The fraction of sp³-hybridized carbons (Fsp3) is 0.333. The van der Waals surface area contributed by atoms with Gasteiger partial charge in [-0.1, -0.05) is 0 Å². The largest absolute Gasteiger partial charge is 0.416 e. The van der Waals surface area contributed by atoms with Crippen LogP contribution in [0.25, 0.3) is 0 Å². The van der Waals surface area contributed by atoms with Crippen molar-refractivity contribution in [3.8, 4) is 0 Å². The van der Waals surface area contributed by atoms with E-state index in [1.807, 2.05) is 0 Å². The van der Waals surface area contributed by atoms with Crippen molar-refractivity contribution in [3.05, 3.63) is 46.8 Å². The summed E-state index contributed by atoms with van der Waals surface area (Å²) in [6.07, 6.45) is -3.61. The molecule has 23 heavy (non-hydrogen) atoms. The molecule has 1 aliphatic heterocycles. The van der Waals surface area contributed by atoms with Gasteiger partial charge in [-0.15, -0.1) is 0 Å². The Labute approximate surface area is 130 Å². The summed E-state index contributed by atoms with van der Waals surface area (Å²) in [5.41, 5.74) is 1.68. The Kier molecular flexibility index (Phi) is 3.85. The molecule has 122 valence electrons. The lowest BCUT2D eigenvalue weighted by atomic mass is 10.1. The SMILES string of the molecule is Cn1nc(C(=O)Nc2ccc(C(F)(F)F)cc2)c2c1CCNC2. The highest BCUT2D eigenvalue weighted by Gasteiger charge is 2.30. The van der Waals surface area contributed by atoms with Gasteiger partial charge in [0.25, 0.3) is 5.91 Å². The maximum Gasteiger partial charge on any atom is 0.416 e. The number of rotatable bonds is 2. The van der Waals surface area contributed by atoms with Crippen LogP contribution >= 0.6 is 0 Å². The van der Waals surface area contributed by atoms with Crippen molar-refractivity contribution in [1.29, 1.82) is 0 Å². The maximum atomic E-state index is 12.5. The Morgan fingerprint density at radius 3 is 2.65 bits per heavy atom. The third kappa shape index (κ3) is 3.07. The number of hydrogen-bond donors (Lipinski definition) is 2. The summed E-state index contributed by atoms with van der Waals surface area (Å²) in [6.45, 7) is 1.38. The first-order chi connectivity index (χ1) is 10.9. The lowest BCUT2D eigenvalue weighted by molar-refractivity contribution is -0.137. The van der Waals surface area contributed by atoms with Crippen LogP contribution in [0.4, 0.5) is 18.9 Å². The number of carbonyl (C=O) groups is 1. The highest BCUT2D eigenvalue weighted by Crippen LogP contribution is 2.30. The minimum atomic E-state index is -4.39. The van der Waals surface area contributed by atoms with Crippen LogP contribution in [0.3, 0.4) is 0 Å². The van der Waals surface area contributed by atoms with E-state index in [4.69, 9.17) is 0 Å². The van der Waals surface area contributed by atoms with E-state index in [1.165, 1.54) is 12.1 Å². The van der Waals surface area contributed by atoms with Gasteiger partial charge in [-0.05, 0) is 24.3 Å². The van der Waals surface area contributed by atoms with Crippen LogP contribution in [0.15, 0.2) is 24.3 Å². The van der Waals surface area contributed by atoms with Crippen molar-refractivity contribution in [1.82, 2.24) is 15.1 Å². The van der Waals surface area contributed by atoms with E-state index in [0.717, 1.165) is 36.4 Å². The molecule has 2 heterocycles. The predicted octanol–water partition coefficient (Wildman–Crippen LogP) is 2.34. The van der Waals surface area contributed by atoms with Crippen LogP contribution < -0.4 is 10.6 Å². The molecule has 2 aromatic rings. The third-order valence-electron chi connectivity index (χ3n) is 3.80. The molecule has 0 radical (unpaired) electrons. The molecule has 0 atom stereocenters. The molecule has 1 aliphatic rings. The van der Waals surface area contributed by atoms with E-state index in [-0.39, 0.29) is 0 Å². The molecular formula is C15H15F3N4O. The first-order valence-corrected chi connectivity index (χ1v) is 7.10. The molecule has 1 amide bonds. The number of anilines is 1. The van der Waals surface area contributed by atoms with Crippen LogP contribution in [0.2, 0.25) is 0 Å². The number of hydrogen-bond acceptors (Lipinski definition) is 3. The first kappa shape index (κ1) is 15.5. The number of alkyl halides is 3. The average molecular weight is 324 g/mol. The van der Waals surface area contributed by atoms with Gasteiger partial charge in [-0.2, -0.15) is 18.3 Å². The molecule has 0 bridgehead atoms. The van der Waals surface area contributed by atoms with Crippen LogP contribution in [-0.4, -0.2) is 22.2 Å². The zero-order valence-electron chi connectivity index (χ0n) is 12.4. The van der Waals surface area contributed by atoms with Gasteiger partial charge in [0.15, 0.2) is 5.69 Å². The molecule has 2 N–H and O–H groups in total. The fourth-order valence-corrected chi connectivity index (χ4v) is 2.64. The second-order valence-corrected chi connectivity index (χ2v) is 5.35. The zero-order valence-corrected chi connectivity index (χ0v) is 12.4. The van der Waals surface area contributed by atoms with Crippen molar-refractivity contribution in [3.63, 3.8) is 0 Å². The van der Waals surface area contributed by atoms with Crippen LogP contribution in [0.5, 0.6) is 0 Å². The van der Waals surface area contributed by atoms with E-state index >= 15 is 0 Å². The molecule has 0 unspecified atom stereocenters. The molecule has 8 heteroatoms. The van der Waals surface area contributed by atoms with Gasteiger partial charge in [0.2, 0.25) is 0 Å². The molecule has 3 rings (SSSR count). The molecule has 0 saturated heterocycles. The van der Waals surface area contributed by atoms with Crippen LogP contribution in [0, 0.1) is 0 Å². The van der Waals surface area contributed by atoms with Crippen molar-refractivity contribution in [2.75, 3.05) is 11.9 Å². The molecule has 0 spiro atoms. The van der Waals surface area contributed by atoms with E-state index in [2.05, 4.69) is 15.7 Å². The molecular weight excluding hydrogens is 309 g/mol. The van der Waals surface area contributed by atoms with Crippen LogP contribution in [-0.2, 0) is 26.2 Å². The zero-order chi connectivity index (χ0) is 16.6. The van der Waals surface area contributed by atoms with Crippen molar-refractivity contribution >= 4 is 11.6 Å². The number of amides is 1. The van der Waals surface area contributed by atoms with Gasteiger partial charge in [-0.25, -0.2) is 0 Å². The number of aromatic nitrogens is 2. The van der Waals surface area contributed by atoms with Crippen LogP contribution in [0.1, 0.15) is 27.3 Å². The normalized spacial score (nSPS) is 14.4. The Bertz CT molecular complexity index is 734. The Hall–Kier alpha value is -2.35. The fourth-order valence-electron chi connectivity index (χ4n) is 2.64. The average Bonchev–Trinajstić information content (AvgIpc) is 2.85. The van der Waals surface area contributed by atoms with Gasteiger partial charge >= 0.3 is 6.18 Å². The first-order valence-electron chi connectivity index (χ1n) is 7.10. The Morgan fingerprint density at radius 2 is 2.00 bits per heavy atom. The van der Waals surface area contributed by atoms with Gasteiger partial charge < -0.3 is 10.6 Å². The monoisotopic (exact) mass is 324 g/mol. The minimum Gasteiger partial charge on any atom is -0.321 e. The van der Waals surface area contributed by atoms with E-state index < -0.39 is 17.6 Å². The third-order valence-corrected chi connectivity index (χ3v) is 3.80. The van der Waals surface area contributed by atoms with Gasteiger partial charge in [0.05, 0.1) is 5.56 Å². The molecule has 0 saturated carbocycles. The van der Waals surface area contributed by atoms with E-state index in [1.54, 1.807) is 11.7 Å². The number of nitrogens with zero attached hydrogens (tertiary/aromatic N) is 2. The van der Waals surface area contributed by atoms with Gasteiger partial charge in [0.1, 0.15) is 0 Å². The second kappa shape index (κ2) is 5.69. The molecule has 1 aromatic heterocycles. The number of halogens is 3. The summed E-state index contributed by atoms with van der Waals surface area (Å²) in [7, 11) is 1.78. The van der Waals surface area contributed by atoms with E-state index in [0.29, 0.717) is 17.9 Å². The van der Waals surface area contributed by atoms with Gasteiger partial charge in [0, 0.05) is 43.5 Å². The Morgan fingerprint density at radius 1 is 1.30 bits per heavy atom. The summed E-state index contributed by atoms with van der Waals surface area (Å²) < 4.78 is 39.3. The highest BCUT2D eigenvalue weighted by molar-refractivity contribution is 6.04. The second-order valence-electron chi connectivity index (χ2n) is 5.35. The summed E-state index contributed by atoms with van der Waals surface area (Å²) in [5.74, 6) is -0.426. The summed E-state index contributed by atoms with van der Waals surface area (Å²) in [4.78, 5) is 12.3. The summed E-state index contributed by atoms with van der Waals surface area (Å²) in [5, 5.41) is 10.00. The van der Waals surface area contributed by atoms with E-state index in [9.17, 15) is 18.0 Å². The Balaban J connectivity index is 1.80. The number of carbonyl (C=O) groups excluding carboxylic acids is 1. The van der Waals surface area contributed by atoms with Crippen molar-refractivity contribution < 1.29 is 18.0 Å². The topological polar surface area (TPSA) is 59.0 Å². The minimum absolute atomic E-state index is 0.297. The molecule has 1 aromatic carbocycles. The molecule has 0 aliphatic carbocycles. The standard InChI is InChI=1S/C15H15F3N4O/c1-22-12-6-7-19-8-11(12)13(21-22)14(23)20-10-4-2-9(3-5-10)15(16,17)18/h2-5,19H,6-8H2,1H3,(H,20,23). The summed E-state index contributed by atoms with van der Waals surface area (Å²) >= 11 is 0. The smallest absolute Gasteiger partial charge is 0.321 e. The van der Waals surface area contributed by atoms with Crippen molar-refractivity contribution in [2.45, 2.75) is 19.1 Å². The quantitative estimate of drug-likeness (QED) is 0.891. The number of nitrogens with one attached hydrogen (secondary N) is 2. The number of benzene rings is 1.